The highest BCUT2D eigenvalue weighted by molar-refractivity contribution is 9.10. The Morgan fingerprint density at radius 2 is 1.76 bits per heavy atom. The highest BCUT2D eigenvalue weighted by Crippen LogP contribution is 2.55. The van der Waals surface area contributed by atoms with Crippen molar-refractivity contribution in [2.45, 2.75) is 95.8 Å². The molecule has 4 heterocycles. The fourth-order valence-corrected chi connectivity index (χ4v) is 12.0. The van der Waals surface area contributed by atoms with E-state index in [-0.39, 0.29) is 35.1 Å². The van der Waals surface area contributed by atoms with Crippen molar-refractivity contribution in [3.8, 4) is 17.3 Å². The van der Waals surface area contributed by atoms with Crippen LogP contribution >= 0.6 is 27.5 Å². The van der Waals surface area contributed by atoms with E-state index in [1.165, 1.54) is 0 Å². The molecule has 0 spiro atoms. The van der Waals surface area contributed by atoms with Crippen LogP contribution in [0.1, 0.15) is 41.5 Å². The van der Waals surface area contributed by atoms with Crippen LogP contribution in [-0.2, 0) is 25.1 Å². The lowest BCUT2D eigenvalue weighted by Gasteiger charge is -2.53. The number of ether oxygens (including phenoxy) is 3. The summed E-state index contributed by atoms with van der Waals surface area (Å²) in [6, 6.07) is 11.3. The monoisotopic (exact) mass is 694 g/mol. The van der Waals surface area contributed by atoms with E-state index in [0.29, 0.717) is 42.2 Å². The number of benzene rings is 1. The van der Waals surface area contributed by atoms with Crippen LogP contribution < -0.4 is 4.74 Å². The number of nitrogens with zero attached hydrogens (tertiary/aromatic N) is 3. The van der Waals surface area contributed by atoms with Crippen LogP contribution in [0.4, 0.5) is 0 Å². The first kappa shape index (κ1) is 32.1. The Hall–Kier alpha value is -1.32. The molecule has 229 valence electrons. The lowest BCUT2D eigenvalue weighted by atomic mass is 10.1. The summed E-state index contributed by atoms with van der Waals surface area (Å²) in [4.78, 5) is 9.73. The molecule has 5 rings (SSSR count). The van der Waals surface area contributed by atoms with Gasteiger partial charge in [0.25, 0.3) is 0 Å². The zero-order valence-electron chi connectivity index (χ0n) is 25.8. The fourth-order valence-electron chi connectivity index (χ4n) is 5.98. The van der Waals surface area contributed by atoms with Crippen molar-refractivity contribution in [3.63, 3.8) is 0 Å². The van der Waals surface area contributed by atoms with E-state index in [2.05, 4.69) is 70.6 Å². The second-order valence-corrected chi connectivity index (χ2v) is 22.5. The number of fused-ring (bicyclic) bond motifs is 2. The molecule has 8 nitrogen and oxygen atoms in total. The third kappa shape index (κ3) is 6.26. The second-order valence-electron chi connectivity index (χ2n) is 13.5. The number of aromatic nitrogens is 3. The van der Waals surface area contributed by atoms with Gasteiger partial charge in [0.1, 0.15) is 18.9 Å². The maximum absolute atomic E-state index is 7.02. The van der Waals surface area contributed by atoms with Gasteiger partial charge in [-0.3, -0.25) is 4.57 Å². The topological polar surface area (TPSA) is 76.9 Å². The number of rotatable bonds is 8. The van der Waals surface area contributed by atoms with Crippen molar-refractivity contribution in [2.75, 3.05) is 19.8 Å². The van der Waals surface area contributed by atoms with Crippen molar-refractivity contribution in [1.29, 1.82) is 0 Å². The van der Waals surface area contributed by atoms with Crippen LogP contribution in [0.5, 0.6) is 6.01 Å². The van der Waals surface area contributed by atoms with Crippen LogP contribution in [0.3, 0.4) is 0 Å². The van der Waals surface area contributed by atoms with Crippen LogP contribution in [0.2, 0.25) is 34.2 Å². The van der Waals surface area contributed by atoms with Crippen molar-refractivity contribution >= 4 is 56.1 Å². The van der Waals surface area contributed by atoms with E-state index in [0.717, 1.165) is 21.6 Å². The molecule has 2 aliphatic heterocycles. The average Bonchev–Trinajstić information content (AvgIpc) is 3.45. The summed E-state index contributed by atoms with van der Waals surface area (Å²) in [6.07, 6.45) is -0.813. The van der Waals surface area contributed by atoms with E-state index in [1.54, 1.807) is 0 Å². The average molecular weight is 696 g/mol. The van der Waals surface area contributed by atoms with Crippen LogP contribution in [0.25, 0.3) is 22.4 Å². The molecule has 3 atom stereocenters. The highest BCUT2D eigenvalue weighted by atomic mass is 79.9. The Labute approximate surface area is 265 Å². The molecule has 2 aromatic heterocycles. The fraction of sp³-hybridized carbons (Fsp3) is 0.600. The molecule has 1 aromatic carbocycles. The molecular formula is C30H42BrClN3O5Si2. The van der Waals surface area contributed by atoms with Gasteiger partial charge in [-0.2, -0.15) is 4.98 Å². The zero-order valence-corrected chi connectivity index (χ0v) is 30.1. The van der Waals surface area contributed by atoms with Crippen molar-refractivity contribution in [1.82, 2.24) is 14.5 Å². The molecule has 0 aliphatic carbocycles. The molecule has 0 unspecified atom stereocenters. The molecule has 2 aliphatic rings. The molecular weight excluding hydrogens is 654 g/mol. The normalized spacial score (nSPS) is 22.6. The molecule has 1 radical (unpaired) electrons. The third-order valence-corrected chi connectivity index (χ3v) is 15.1. The lowest BCUT2D eigenvalue weighted by molar-refractivity contribution is -0.0659. The lowest BCUT2D eigenvalue weighted by Crippen LogP contribution is -2.65. The second kappa shape index (κ2) is 12.2. The summed E-state index contributed by atoms with van der Waals surface area (Å²) >= 11 is 10.3. The Kier molecular flexibility index (Phi) is 9.34. The summed E-state index contributed by atoms with van der Waals surface area (Å²) in [7, 11) is -3.11. The summed E-state index contributed by atoms with van der Waals surface area (Å²) < 4.78 is 35.5. The van der Waals surface area contributed by atoms with Crippen molar-refractivity contribution in [2.24, 2.45) is 0 Å². The Bertz CT molecular complexity index is 1390. The quantitative estimate of drug-likeness (QED) is 0.176. The summed E-state index contributed by atoms with van der Waals surface area (Å²) in [5, 5.41) is 0.244. The SMILES string of the molecule is C[Si](C)CCOCn1c(O[C@@H]2CO[C@@H]3CO[Si](C(C)(C)C)(C(C)(C)C)O[C@H]32)nc2nc(-c3ccc(Br)cc3)c(Cl)cc21. The first-order valence-corrected chi connectivity index (χ1v) is 20.2. The van der Waals surface area contributed by atoms with Gasteiger partial charge in [-0.25, -0.2) is 4.98 Å². The molecule has 2 saturated heterocycles. The van der Waals surface area contributed by atoms with Gasteiger partial charge in [-0.05, 0) is 24.2 Å². The van der Waals surface area contributed by atoms with Crippen LogP contribution in [0, 0.1) is 0 Å². The third-order valence-electron chi connectivity index (χ3n) is 7.94. The van der Waals surface area contributed by atoms with E-state index in [4.69, 9.17) is 44.6 Å². The first-order valence-electron chi connectivity index (χ1n) is 14.5. The standard InChI is InChI=1S/C30H42BrClN3O5Si2/c1-29(2,3)42(30(4,5)6)38-17-23-26(40-42)24(16-37-23)39-28-34-27-22(35(28)18-36-13-14-41(7)8)15-21(32)25(33-27)19-9-11-20(31)12-10-19/h9-12,15,23-24,26H,13-14,16-18H2,1-8H3/t23-,24-,26-/m1/s1. The number of hydrogen-bond donors (Lipinski definition) is 0. The molecule has 42 heavy (non-hydrogen) atoms. The van der Waals surface area contributed by atoms with Gasteiger partial charge < -0.3 is 23.1 Å². The van der Waals surface area contributed by atoms with Crippen molar-refractivity contribution in [3.05, 3.63) is 39.8 Å². The summed E-state index contributed by atoms with van der Waals surface area (Å²) in [5.74, 6) is 0. The minimum Gasteiger partial charge on any atom is -0.456 e. The largest absolute Gasteiger partial charge is 0.456 e. The molecule has 0 N–H and O–H groups in total. The highest BCUT2D eigenvalue weighted by Gasteiger charge is 2.64. The molecule has 2 fully saturated rings. The molecule has 0 saturated carbocycles. The van der Waals surface area contributed by atoms with Gasteiger partial charge in [0.15, 0.2) is 11.8 Å². The van der Waals surface area contributed by atoms with Gasteiger partial charge >= 0.3 is 14.6 Å². The predicted octanol–water partition coefficient (Wildman–Crippen LogP) is 7.85. The van der Waals surface area contributed by atoms with Gasteiger partial charge in [0.05, 0.1) is 29.4 Å². The minimum atomic E-state index is -2.71. The smallest absolute Gasteiger partial charge is 0.349 e. The van der Waals surface area contributed by atoms with E-state index < -0.39 is 17.4 Å². The molecule has 0 bridgehead atoms. The van der Waals surface area contributed by atoms with Gasteiger partial charge in [0, 0.05) is 35.5 Å². The Morgan fingerprint density at radius 3 is 2.40 bits per heavy atom. The predicted molar refractivity (Wildman–Crippen MR) is 174 cm³/mol. The Balaban J connectivity index is 1.49. The number of hydrogen-bond acceptors (Lipinski definition) is 7. The number of imidazole rings is 1. The van der Waals surface area contributed by atoms with Crippen LogP contribution in [-0.4, -0.2) is 70.0 Å². The molecule has 12 heteroatoms. The minimum absolute atomic E-state index is 0.146. The molecule has 0 amide bonds. The zero-order chi connectivity index (χ0) is 30.4. The first-order chi connectivity index (χ1) is 19.7. The summed E-state index contributed by atoms with van der Waals surface area (Å²) in [6.45, 7) is 19.7. The van der Waals surface area contributed by atoms with Crippen LogP contribution in [0.15, 0.2) is 34.8 Å². The van der Waals surface area contributed by atoms with Gasteiger partial charge in [-0.1, -0.05) is 94.3 Å². The number of pyridine rings is 1. The van der Waals surface area contributed by atoms with E-state index in [1.807, 2.05) is 34.9 Å². The number of halogens is 2. The maximum atomic E-state index is 7.02. The van der Waals surface area contributed by atoms with E-state index in [9.17, 15) is 0 Å². The van der Waals surface area contributed by atoms with E-state index >= 15 is 0 Å². The molecule has 3 aromatic rings. The summed E-state index contributed by atoms with van der Waals surface area (Å²) in [5.41, 5.74) is 2.88. The van der Waals surface area contributed by atoms with Gasteiger partial charge in [-0.15, -0.1) is 0 Å². The van der Waals surface area contributed by atoms with Crippen molar-refractivity contribution < 1.29 is 23.1 Å². The Morgan fingerprint density at radius 1 is 1.07 bits per heavy atom. The maximum Gasteiger partial charge on any atom is 0.349 e. The van der Waals surface area contributed by atoms with Gasteiger partial charge in [0.2, 0.25) is 0 Å².